The first kappa shape index (κ1) is 13.8. The van der Waals surface area contributed by atoms with Crippen molar-refractivity contribution in [1.29, 1.82) is 0 Å². The number of amides is 2. The summed E-state index contributed by atoms with van der Waals surface area (Å²) in [4.78, 5) is 22.9. The third-order valence-corrected chi connectivity index (χ3v) is 2.62. The van der Waals surface area contributed by atoms with Crippen molar-refractivity contribution in [2.24, 2.45) is 0 Å². The molecule has 3 N–H and O–H groups in total. The molecule has 0 saturated heterocycles. The van der Waals surface area contributed by atoms with Crippen molar-refractivity contribution in [1.82, 2.24) is 4.90 Å². The van der Waals surface area contributed by atoms with Gasteiger partial charge in [0.25, 0.3) is 11.8 Å². The first-order valence-electron chi connectivity index (χ1n) is 5.51. The van der Waals surface area contributed by atoms with Crippen LogP contribution in [0.2, 0.25) is 0 Å². The highest BCUT2D eigenvalue weighted by molar-refractivity contribution is 6.06. The number of phenolic OH excluding ortho intramolecular Hbond substituents is 1. The molecule has 0 radical (unpaired) electrons. The number of hydrogen-bond acceptors (Lipinski definition) is 3. The van der Waals surface area contributed by atoms with E-state index in [-0.39, 0.29) is 22.4 Å². The quantitative estimate of drug-likeness (QED) is 0.723. The Morgan fingerprint density at radius 3 is 2.55 bits per heavy atom. The fourth-order valence-corrected chi connectivity index (χ4v) is 1.74. The van der Waals surface area contributed by atoms with Gasteiger partial charge in [-0.25, -0.2) is 4.79 Å². The van der Waals surface area contributed by atoms with Gasteiger partial charge in [0.15, 0.2) is 0 Å². The summed E-state index contributed by atoms with van der Waals surface area (Å²) in [5, 5.41) is 20.5. The van der Waals surface area contributed by atoms with Gasteiger partial charge in [-0.15, -0.1) is 0 Å². The molecule has 0 atom stereocenters. The predicted octanol–water partition coefficient (Wildman–Crippen LogP) is 1.84. The fourth-order valence-electron chi connectivity index (χ4n) is 1.74. The van der Waals surface area contributed by atoms with Gasteiger partial charge in [0.05, 0.1) is 12.2 Å². The average Bonchev–Trinajstić information content (AvgIpc) is 2.68. The number of hydrogen-bond donors (Lipinski definition) is 3. The maximum atomic E-state index is 13.2. The molecule has 0 bridgehead atoms. The Kier molecular flexibility index (Phi) is 3.31. The van der Waals surface area contributed by atoms with Gasteiger partial charge in [0.1, 0.15) is 11.4 Å². The number of rotatable bonds is 2. The predicted molar refractivity (Wildman–Crippen MR) is 64.5 cm³/mol. The number of nitrogens with one attached hydrogen (secondary N) is 1. The lowest BCUT2D eigenvalue weighted by Crippen LogP contribution is -2.35. The molecule has 106 valence electrons. The van der Waals surface area contributed by atoms with Crippen molar-refractivity contribution in [3.63, 3.8) is 0 Å². The smallest absolute Gasteiger partial charge is 0.412 e. The lowest BCUT2D eigenvalue weighted by molar-refractivity contribution is -0.114. The standard InChI is InChI=1S/C12H10F2N2O4/c13-12(14)5-8(16(6-12)11(19)20)10(18)15-7-3-1-2-4-9(7)17/h1-5,17H,6H2,(H,15,18)(H,19,20). The molecule has 0 fully saturated rings. The Balaban J connectivity index is 2.24. The summed E-state index contributed by atoms with van der Waals surface area (Å²) in [5.41, 5.74) is -0.676. The van der Waals surface area contributed by atoms with Crippen LogP contribution in [0.1, 0.15) is 0 Å². The number of halogens is 2. The van der Waals surface area contributed by atoms with Crippen molar-refractivity contribution in [2.75, 3.05) is 11.9 Å². The molecule has 1 aliphatic heterocycles. The number of carbonyl (C=O) groups is 2. The molecule has 2 amide bonds. The van der Waals surface area contributed by atoms with E-state index < -0.39 is 30.2 Å². The maximum Gasteiger partial charge on any atom is 0.412 e. The third-order valence-electron chi connectivity index (χ3n) is 2.62. The van der Waals surface area contributed by atoms with Crippen LogP contribution >= 0.6 is 0 Å². The molecule has 0 spiro atoms. The number of phenols is 1. The van der Waals surface area contributed by atoms with Gasteiger partial charge in [0, 0.05) is 6.08 Å². The molecule has 1 aliphatic rings. The molecule has 8 heteroatoms. The lowest BCUT2D eigenvalue weighted by atomic mass is 10.2. The van der Waals surface area contributed by atoms with E-state index >= 15 is 0 Å². The number of para-hydroxylation sites is 2. The van der Waals surface area contributed by atoms with Gasteiger partial charge in [-0.2, -0.15) is 8.78 Å². The van der Waals surface area contributed by atoms with Gasteiger partial charge in [0.2, 0.25) is 0 Å². The Bertz CT molecular complexity index is 601. The van der Waals surface area contributed by atoms with Crippen molar-refractivity contribution < 1.29 is 28.6 Å². The van der Waals surface area contributed by atoms with E-state index in [4.69, 9.17) is 5.11 Å². The maximum absolute atomic E-state index is 13.2. The van der Waals surface area contributed by atoms with Crippen molar-refractivity contribution in [3.8, 4) is 5.75 Å². The molecule has 1 aromatic rings. The average molecular weight is 284 g/mol. The van der Waals surface area contributed by atoms with Crippen LogP contribution in [0.5, 0.6) is 5.75 Å². The summed E-state index contributed by atoms with van der Waals surface area (Å²) in [5.74, 6) is -4.69. The Morgan fingerprint density at radius 2 is 1.95 bits per heavy atom. The van der Waals surface area contributed by atoms with Crippen LogP contribution in [0, 0.1) is 0 Å². The summed E-state index contributed by atoms with van der Waals surface area (Å²) in [7, 11) is 0. The Labute approximate surface area is 111 Å². The van der Waals surface area contributed by atoms with E-state index in [1.165, 1.54) is 24.3 Å². The van der Waals surface area contributed by atoms with Gasteiger partial charge in [-0.05, 0) is 12.1 Å². The molecule has 20 heavy (non-hydrogen) atoms. The summed E-state index contributed by atoms with van der Waals surface area (Å²) in [6.45, 7) is -1.11. The second kappa shape index (κ2) is 4.80. The molecular formula is C12H10F2N2O4. The highest BCUT2D eigenvalue weighted by Crippen LogP contribution is 2.30. The van der Waals surface area contributed by atoms with Crippen molar-refractivity contribution in [2.45, 2.75) is 5.92 Å². The van der Waals surface area contributed by atoms with Crippen LogP contribution in [-0.2, 0) is 4.79 Å². The zero-order valence-corrected chi connectivity index (χ0v) is 10.0. The van der Waals surface area contributed by atoms with Crippen molar-refractivity contribution in [3.05, 3.63) is 36.0 Å². The molecule has 2 rings (SSSR count). The lowest BCUT2D eigenvalue weighted by Gasteiger charge is -2.16. The second-order valence-electron chi connectivity index (χ2n) is 4.13. The normalized spacial score (nSPS) is 16.7. The van der Waals surface area contributed by atoms with E-state index in [0.29, 0.717) is 0 Å². The zero-order valence-electron chi connectivity index (χ0n) is 10.0. The van der Waals surface area contributed by atoms with Crippen molar-refractivity contribution >= 4 is 17.7 Å². The van der Waals surface area contributed by atoms with Crippen LogP contribution in [0.3, 0.4) is 0 Å². The third kappa shape index (κ3) is 2.68. The first-order valence-corrected chi connectivity index (χ1v) is 5.51. The Hall–Kier alpha value is -2.64. The number of aromatic hydroxyl groups is 1. The SMILES string of the molecule is O=C(Nc1ccccc1O)C1=CC(F)(F)CN1C(=O)O. The number of anilines is 1. The van der Waals surface area contributed by atoms with Crippen LogP contribution in [0.15, 0.2) is 36.0 Å². The molecule has 0 saturated carbocycles. The highest BCUT2D eigenvalue weighted by Gasteiger charge is 2.43. The summed E-state index contributed by atoms with van der Waals surface area (Å²) >= 11 is 0. The fraction of sp³-hybridized carbons (Fsp3) is 0.167. The molecule has 0 aliphatic carbocycles. The molecule has 0 aromatic heterocycles. The molecule has 0 unspecified atom stereocenters. The van der Waals surface area contributed by atoms with E-state index in [0.717, 1.165) is 0 Å². The van der Waals surface area contributed by atoms with E-state index in [2.05, 4.69) is 5.32 Å². The minimum Gasteiger partial charge on any atom is -0.506 e. The Morgan fingerprint density at radius 1 is 1.30 bits per heavy atom. The van der Waals surface area contributed by atoms with Crippen LogP contribution in [0.4, 0.5) is 19.3 Å². The summed E-state index contributed by atoms with van der Waals surface area (Å²) in [6.07, 6.45) is -1.36. The van der Waals surface area contributed by atoms with E-state index in [1.54, 1.807) is 0 Å². The first-order chi connectivity index (χ1) is 9.30. The summed E-state index contributed by atoms with van der Waals surface area (Å²) < 4.78 is 26.3. The largest absolute Gasteiger partial charge is 0.506 e. The molecule has 1 aromatic carbocycles. The van der Waals surface area contributed by atoms with E-state index in [9.17, 15) is 23.5 Å². The van der Waals surface area contributed by atoms with Crippen LogP contribution in [0.25, 0.3) is 0 Å². The van der Waals surface area contributed by atoms with Crippen LogP contribution in [-0.4, -0.2) is 39.6 Å². The molecular weight excluding hydrogens is 274 g/mol. The van der Waals surface area contributed by atoms with Gasteiger partial charge in [-0.3, -0.25) is 9.69 Å². The number of carbonyl (C=O) groups excluding carboxylic acids is 1. The van der Waals surface area contributed by atoms with Gasteiger partial charge < -0.3 is 15.5 Å². The number of nitrogens with zero attached hydrogens (tertiary/aromatic N) is 1. The zero-order chi connectivity index (χ0) is 14.9. The van der Waals surface area contributed by atoms with Crippen LogP contribution < -0.4 is 5.32 Å². The minimum atomic E-state index is -3.40. The van der Waals surface area contributed by atoms with E-state index in [1.807, 2.05) is 0 Å². The number of alkyl halides is 2. The van der Waals surface area contributed by atoms with Gasteiger partial charge in [-0.1, -0.05) is 12.1 Å². The molecule has 6 nitrogen and oxygen atoms in total. The monoisotopic (exact) mass is 284 g/mol. The summed E-state index contributed by atoms with van der Waals surface area (Å²) in [6, 6.07) is 5.67. The highest BCUT2D eigenvalue weighted by atomic mass is 19.3. The second-order valence-corrected chi connectivity index (χ2v) is 4.13. The molecule has 1 heterocycles. The topological polar surface area (TPSA) is 89.9 Å². The van der Waals surface area contributed by atoms with Gasteiger partial charge >= 0.3 is 6.09 Å². The number of benzene rings is 1. The number of carboxylic acid groups (broad SMARTS) is 1. The minimum absolute atomic E-state index is 0.000967.